The highest BCUT2D eigenvalue weighted by Crippen LogP contribution is 2.47. The first-order chi connectivity index (χ1) is 20.3. The van der Waals surface area contributed by atoms with Crippen LogP contribution in [0.4, 0.5) is 41.6 Å². The van der Waals surface area contributed by atoms with E-state index >= 15 is 0 Å². The molecule has 0 saturated carbocycles. The average Bonchev–Trinajstić information content (AvgIpc) is 3.38. The molecule has 0 aliphatic rings. The molecular weight excluding hydrogens is 670 g/mol. The lowest BCUT2D eigenvalue weighted by atomic mass is 9.96. The second kappa shape index (κ2) is 12.9. The summed E-state index contributed by atoms with van der Waals surface area (Å²) in [6.07, 6.45) is -13.9. The number of pyridine rings is 1. The number of halogens is 7. The molecule has 0 aliphatic carbocycles. The molecule has 3 rings (SSSR count). The molecule has 0 saturated heterocycles. The Labute approximate surface area is 254 Å². The predicted molar refractivity (Wildman–Crippen MR) is 145 cm³/mol. The molecule has 3 aromatic rings. The van der Waals surface area contributed by atoms with Gasteiger partial charge in [-0.1, -0.05) is 36.4 Å². The molecule has 1 aromatic carbocycles. The normalized spacial score (nSPS) is 13.7. The van der Waals surface area contributed by atoms with Gasteiger partial charge in [-0.15, -0.1) is 16.8 Å². The van der Waals surface area contributed by atoms with Crippen LogP contribution in [0.3, 0.4) is 0 Å². The summed E-state index contributed by atoms with van der Waals surface area (Å²) < 4.78 is 100. The lowest BCUT2D eigenvalue weighted by Gasteiger charge is -2.32. The van der Waals surface area contributed by atoms with Crippen molar-refractivity contribution in [2.24, 2.45) is 0 Å². The van der Waals surface area contributed by atoms with Gasteiger partial charge in [-0.05, 0) is 61.2 Å². The summed E-state index contributed by atoms with van der Waals surface area (Å²) in [5.41, 5.74) is -7.64. The average molecular weight is 695 g/mol. The number of amides is 2. The second-order valence-corrected chi connectivity index (χ2v) is 10.9. The lowest BCUT2D eigenvalue weighted by molar-refractivity contribution is -0.299. The molecule has 2 heterocycles. The van der Waals surface area contributed by atoms with Crippen LogP contribution in [0.25, 0.3) is 11.6 Å². The van der Waals surface area contributed by atoms with Crippen molar-refractivity contribution in [3.05, 3.63) is 70.7 Å². The smallest absolute Gasteiger partial charge is 0.426 e. The maximum Gasteiger partial charge on any atom is 0.426 e. The van der Waals surface area contributed by atoms with Crippen LogP contribution in [0, 0.1) is 0 Å². The van der Waals surface area contributed by atoms with E-state index in [4.69, 9.17) is 13.9 Å². The van der Waals surface area contributed by atoms with E-state index in [1.165, 1.54) is 39.0 Å². The molecule has 0 spiro atoms. The van der Waals surface area contributed by atoms with E-state index in [1.54, 1.807) is 18.2 Å². The van der Waals surface area contributed by atoms with Gasteiger partial charge in [0.1, 0.15) is 10.2 Å². The van der Waals surface area contributed by atoms with E-state index in [0.717, 1.165) is 0 Å². The number of carboxylic acid groups (broad SMARTS) is 1. The van der Waals surface area contributed by atoms with E-state index in [0.29, 0.717) is 5.56 Å². The van der Waals surface area contributed by atoms with Gasteiger partial charge in [0.15, 0.2) is 5.69 Å². The first-order valence-electron chi connectivity index (χ1n) is 12.5. The van der Waals surface area contributed by atoms with Gasteiger partial charge in [0.05, 0.1) is 17.9 Å². The topological polar surface area (TPSA) is 128 Å². The van der Waals surface area contributed by atoms with Crippen molar-refractivity contribution < 1.29 is 54.9 Å². The second-order valence-electron chi connectivity index (χ2n) is 10.1. The summed E-state index contributed by atoms with van der Waals surface area (Å²) in [6, 6.07) is 8.07. The molecule has 0 radical (unpaired) electrons. The lowest BCUT2D eigenvalue weighted by Crippen LogP contribution is -2.45. The number of carbonyl (C=O) groups excluding carboxylic acids is 1. The van der Waals surface area contributed by atoms with E-state index in [9.17, 15) is 41.0 Å². The van der Waals surface area contributed by atoms with Gasteiger partial charge in [0.2, 0.25) is 5.60 Å². The Morgan fingerprint density at radius 1 is 1.09 bits per heavy atom. The van der Waals surface area contributed by atoms with Gasteiger partial charge in [-0.3, -0.25) is 0 Å². The van der Waals surface area contributed by atoms with Crippen LogP contribution >= 0.6 is 15.9 Å². The summed E-state index contributed by atoms with van der Waals surface area (Å²) in [6.45, 7) is 6.98. The molecule has 0 bridgehead atoms. The van der Waals surface area contributed by atoms with E-state index < -0.39 is 82.1 Å². The monoisotopic (exact) mass is 694 g/mol. The van der Waals surface area contributed by atoms with Crippen molar-refractivity contribution in [3.63, 3.8) is 0 Å². The fourth-order valence-corrected chi connectivity index (χ4v) is 4.26. The minimum Gasteiger partial charge on any atom is -0.464 e. The largest absolute Gasteiger partial charge is 0.464 e. The molecule has 0 fully saturated rings. The third kappa shape index (κ3) is 7.74. The fraction of sp³-hybridized carbons (Fsp3) is 0.370. The zero-order chi connectivity index (χ0) is 33.1. The highest BCUT2D eigenvalue weighted by molar-refractivity contribution is 9.10. The molecular formula is C27H25BrF6N4O6. The number of anilines is 1. The molecule has 238 valence electrons. The first-order valence-corrected chi connectivity index (χ1v) is 13.3. The van der Waals surface area contributed by atoms with Crippen molar-refractivity contribution in [2.75, 3.05) is 4.90 Å². The fourth-order valence-electron chi connectivity index (χ4n) is 3.75. The Hall–Kier alpha value is -3.99. The number of aromatic nitrogens is 3. The number of hydrogen-bond acceptors (Lipinski definition) is 8. The number of ether oxygens (including phenoxy) is 2. The van der Waals surface area contributed by atoms with Crippen molar-refractivity contribution >= 4 is 33.8 Å². The minimum absolute atomic E-state index is 0.209. The molecule has 0 unspecified atom stereocenters. The molecule has 1 N–H and O–H groups in total. The zero-order valence-electron chi connectivity index (χ0n) is 23.3. The van der Waals surface area contributed by atoms with Gasteiger partial charge >= 0.3 is 24.5 Å². The quantitative estimate of drug-likeness (QED) is 0.134. The Morgan fingerprint density at radius 3 is 2.25 bits per heavy atom. The number of benzene rings is 1. The number of imide groups is 1. The molecule has 1 atom stereocenters. The summed E-state index contributed by atoms with van der Waals surface area (Å²) >= 11 is 2.63. The van der Waals surface area contributed by atoms with E-state index in [2.05, 4.69) is 37.7 Å². The van der Waals surface area contributed by atoms with Gasteiger partial charge in [-0.25, -0.2) is 14.6 Å². The van der Waals surface area contributed by atoms with Crippen molar-refractivity contribution in [2.45, 2.75) is 63.8 Å². The summed E-state index contributed by atoms with van der Waals surface area (Å²) in [5, 5.41) is 16.8. The van der Waals surface area contributed by atoms with E-state index in [-0.39, 0.29) is 17.4 Å². The first kappa shape index (κ1) is 34.5. The standard InChI is InChI=1S/C27H25BrF6N4O6/c1-5-6-12-25(27(32,33)34,42-14-15-10-8-7-9-11-15)21-37-36-20(43-21)18-17(13-16(19(28)35-18)26(29,30)31)38(22(39)40)23(41)44-24(2,3)4/h5,7-11,13H,1,6,12,14H2,2-4H3,(H,39,40)/t25-/m1/s1. The van der Waals surface area contributed by atoms with Crippen LogP contribution in [0.5, 0.6) is 0 Å². The summed E-state index contributed by atoms with van der Waals surface area (Å²) in [5.74, 6) is -2.10. The predicted octanol–water partition coefficient (Wildman–Crippen LogP) is 8.27. The van der Waals surface area contributed by atoms with Crippen LogP contribution in [0.15, 0.2) is 58.1 Å². The molecule has 17 heteroatoms. The zero-order valence-corrected chi connectivity index (χ0v) is 24.9. The molecule has 2 amide bonds. The van der Waals surface area contributed by atoms with Crippen molar-refractivity contribution in [3.8, 4) is 11.6 Å². The maximum absolute atomic E-state index is 14.7. The minimum atomic E-state index is -5.17. The molecule has 0 aliphatic heterocycles. The van der Waals surface area contributed by atoms with Crippen LogP contribution < -0.4 is 4.90 Å². The highest BCUT2D eigenvalue weighted by atomic mass is 79.9. The number of rotatable bonds is 9. The molecule has 10 nitrogen and oxygen atoms in total. The Morgan fingerprint density at radius 2 is 1.73 bits per heavy atom. The SMILES string of the molecule is C=CCC[C@@](OCc1ccccc1)(c1nnc(-c2nc(Br)c(C(F)(F)F)cc2N(C(=O)O)C(=O)OC(C)(C)C)o1)C(F)(F)F. The number of allylic oxidation sites excluding steroid dienone is 1. The third-order valence-corrected chi connectivity index (χ3v) is 6.33. The highest BCUT2D eigenvalue weighted by Gasteiger charge is 2.61. The molecule has 44 heavy (non-hydrogen) atoms. The van der Waals surface area contributed by atoms with Crippen LogP contribution in [-0.4, -0.2) is 44.3 Å². The van der Waals surface area contributed by atoms with Gasteiger partial charge in [-0.2, -0.15) is 31.2 Å². The number of alkyl halides is 6. The van der Waals surface area contributed by atoms with Crippen molar-refractivity contribution in [1.82, 2.24) is 15.2 Å². The maximum atomic E-state index is 14.7. The van der Waals surface area contributed by atoms with Gasteiger partial charge < -0.3 is 19.0 Å². The summed E-state index contributed by atoms with van der Waals surface area (Å²) in [7, 11) is 0. The van der Waals surface area contributed by atoms with Gasteiger partial charge in [0, 0.05) is 0 Å². The number of carbonyl (C=O) groups is 2. The van der Waals surface area contributed by atoms with Crippen molar-refractivity contribution in [1.29, 1.82) is 0 Å². The Kier molecular flexibility index (Phi) is 10.1. The van der Waals surface area contributed by atoms with E-state index in [1.807, 2.05) is 0 Å². The van der Waals surface area contributed by atoms with Crippen LogP contribution in [-0.2, 0) is 27.9 Å². The van der Waals surface area contributed by atoms with Crippen LogP contribution in [0.1, 0.15) is 50.6 Å². The number of hydrogen-bond donors (Lipinski definition) is 1. The Balaban J connectivity index is 2.26. The van der Waals surface area contributed by atoms with Gasteiger partial charge in [0.25, 0.3) is 11.8 Å². The van der Waals surface area contributed by atoms with Crippen LogP contribution in [0.2, 0.25) is 0 Å². The molecule has 2 aromatic heterocycles. The third-order valence-electron chi connectivity index (χ3n) is 5.73. The summed E-state index contributed by atoms with van der Waals surface area (Å²) in [4.78, 5) is 28.4. The Bertz CT molecular complexity index is 1510. The number of nitrogens with zero attached hydrogens (tertiary/aromatic N) is 4.